The van der Waals surface area contributed by atoms with E-state index < -0.39 is 12.1 Å². The Morgan fingerprint density at radius 3 is 2.56 bits per heavy atom. The summed E-state index contributed by atoms with van der Waals surface area (Å²) < 4.78 is 0. The molecule has 3 amide bonds. The first kappa shape index (κ1) is 12.8. The van der Waals surface area contributed by atoms with E-state index >= 15 is 0 Å². The highest BCUT2D eigenvalue weighted by atomic mass is 16.3. The summed E-state index contributed by atoms with van der Waals surface area (Å²) in [6.45, 7) is 2.27. The Kier molecular flexibility index (Phi) is 4.12. The SMILES string of the molecule is CC(NC(N)=O)C(=O)NCC1(CCO)CC1. The van der Waals surface area contributed by atoms with E-state index in [0.717, 1.165) is 12.8 Å². The van der Waals surface area contributed by atoms with Crippen LogP contribution in [0.25, 0.3) is 0 Å². The highest BCUT2D eigenvalue weighted by Gasteiger charge is 2.42. The van der Waals surface area contributed by atoms with Crippen molar-refractivity contribution < 1.29 is 14.7 Å². The van der Waals surface area contributed by atoms with E-state index in [9.17, 15) is 9.59 Å². The summed E-state index contributed by atoms with van der Waals surface area (Å²) >= 11 is 0. The highest BCUT2D eigenvalue weighted by molar-refractivity contribution is 5.86. The monoisotopic (exact) mass is 229 g/mol. The Labute approximate surface area is 94.6 Å². The van der Waals surface area contributed by atoms with Crippen LogP contribution in [-0.4, -0.2) is 36.2 Å². The van der Waals surface area contributed by atoms with Gasteiger partial charge >= 0.3 is 6.03 Å². The van der Waals surface area contributed by atoms with Crippen LogP contribution in [0.1, 0.15) is 26.2 Å². The van der Waals surface area contributed by atoms with Crippen molar-refractivity contribution in [3.05, 3.63) is 0 Å². The molecule has 0 aromatic carbocycles. The summed E-state index contributed by atoms with van der Waals surface area (Å²) in [5.74, 6) is -0.247. The van der Waals surface area contributed by atoms with E-state index in [1.807, 2.05) is 0 Å². The molecule has 0 saturated heterocycles. The summed E-state index contributed by atoms with van der Waals surface area (Å²) in [5, 5.41) is 13.9. The van der Waals surface area contributed by atoms with Crippen LogP contribution in [0.3, 0.4) is 0 Å². The van der Waals surface area contributed by atoms with E-state index in [-0.39, 0.29) is 17.9 Å². The van der Waals surface area contributed by atoms with Gasteiger partial charge in [0.25, 0.3) is 0 Å². The second-order valence-corrected chi connectivity index (χ2v) is 4.42. The number of nitrogens with two attached hydrogens (primary N) is 1. The number of amides is 3. The van der Waals surface area contributed by atoms with Crippen molar-refractivity contribution in [3.63, 3.8) is 0 Å². The molecule has 1 aliphatic carbocycles. The van der Waals surface area contributed by atoms with Gasteiger partial charge in [0, 0.05) is 13.2 Å². The number of nitrogens with one attached hydrogen (secondary N) is 2. The molecule has 6 nitrogen and oxygen atoms in total. The molecule has 1 rings (SSSR count). The van der Waals surface area contributed by atoms with Crippen molar-refractivity contribution in [1.29, 1.82) is 0 Å². The van der Waals surface area contributed by atoms with Gasteiger partial charge in [-0.2, -0.15) is 0 Å². The first-order valence-electron chi connectivity index (χ1n) is 5.44. The molecule has 0 radical (unpaired) electrons. The predicted molar refractivity (Wildman–Crippen MR) is 58.6 cm³/mol. The van der Waals surface area contributed by atoms with Crippen molar-refractivity contribution in [2.24, 2.45) is 11.1 Å². The number of hydrogen-bond donors (Lipinski definition) is 4. The number of primary amides is 1. The summed E-state index contributed by atoms with van der Waals surface area (Å²) in [6.07, 6.45) is 2.78. The molecule has 16 heavy (non-hydrogen) atoms. The zero-order chi connectivity index (χ0) is 12.2. The Balaban J connectivity index is 2.27. The molecule has 0 aromatic rings. The Hall–Kier alpha value is -1.30. The number of urea groups is 1. The molecule has 0 aromatic heterocycles. The average molecular weight is 229 g/mol. The third-order valence-corrected chi connectivity index (χ3v) is 2.99. The normalized spacial score (nSPS) is 18.6. The summed E-state index contributed by atoms with van der Waals surface area (Å²) in [7, 11) is 0. The van der Waals surface area contributed by atoms with Gasteiger partial charge in [-0.15, -0.1) is 0 Å². The van der Waals surface area contributed by atoms with E-state index in [1.54, 1.807) is 6.92 Å². The third-order valence-electron chi connectivity index (χ3n) is 2.99. The minimum Gasteiger partial charge on any atom is -0.396 e. The van der Waals surface area contributed by atoms with E-state index in [4.69, 9.17) is 10.8 Å². The fourth-order valence-corrected chi connectivity index (χ4v) is 1.64. The molecule has 0 aliphatic heterocycles. The van der Waals surface area contributed by atoms with E-state index in [2.05, 4.69) is 10.6 Å². The zero-order valence-corrected chi connectivity index (χ0v) is 9.45. The number of aliphatic hydroxyl groups excluding tert-OH is 1. The average Bonchev–Trinajstić information content (AvgIpc) is 2.94. The number of rotatable bonds is 6. The van der Waals surface area contributed by atoms with Crippen LogP contribution in [0.2, 0.25) is 0 Å². The van der Waals surface area contributed by atoms with Gasteiger partial charge in [-0.05, 0) is 31.6 Å². The van der Waals surface area contributed by atoms with E-state index in [0.29, 0.717) is 13.0 Å². The molecule has 0 spiro atoms. The van der Waals surface area contributed by atoms with Crippen LogP contribution < -0.4 is 16.4 Å². The van der Waals surface area contributed by atoms with Crippen LogP contribution >= 0.6 is 0 Å². The Bertz CT molecular complexity index is 276. The predicted octanol–water partition coefficient (Wildman–Crippen LogP) is -0.678. The van der Waals surface area contributed by atoms with Gasteiger partial charge in [0.15, 0.2) is 0 Å². The minimum absolute atomic E-state index is 0.0802. The highest BCUT2D eigenvalue weighted by Crippen LogP contribution is 2.47. The number of aliphatic hydroxyl groups is 1. The Morgan fingerprint density at radius 2 is 2.12 bits per heavy atom. The molecule has 1 fully saturated rings. The maximum Gasteiger partial charge on any atom is 0.312 e. The largest absolute Gasteiger partial charge is 0.396 e. The number of hydrogen-bond acceptors (Lipinski definition) is 3. The van der Waals surface area contributed by atoms with Crippen molar-refractivity contribution in [3.8, 4) is 0 Å². The standard InChI is InChI=1S/C10H19N3O3/c1-7(13-9(11)16)8(15)12-6-10(2-3-10)4-5-14/h7,14H,2-6H2,1H3,(H,12,15)(H3,11,13,16). The molecule has 0 bridgehead atoms. The second-order valence-electron chi connectivity index (χ2n) is 4.42. The molecule has 1 aliphatic rings. The molecule has 92 valence electrons. The minimum atomic E-state index is -0.709. The van der Waals surface area contributed by atoms with Crippen molar-refractivity contribution in [2.75, 3.05) is 13.2 Å². The fourth-order valence-electron chi connectivity index (χ4n) is 1.64. The van der Waals surface area contributed by atoms with Gasteiger partial charge in [-0.1, -0.05) is 0 Å². The summed E-state index contributed by atoms with van der Waals surface area (Å²) in [6, 6.07) is -1.33. The topological polar surface area (TPSA) is 104 Å². The molecule has 5 N–H and O–H groups in total. The lowest BCUT2D eigenvalue weighted by molar-refractivity contribution is -0.122. The maximum absolute atomic E-state index is 11.5. The lowest BCUT2D eigenvalue weighted by Crippen LogP contribution is -2.47. The lowest BCUT2D eigenvalue weighted by atomic mass is 10.0. The van der Waals surface area contributed by atoms with Crippen LogP contribution in [0.5, 0.6) is 0 Å². The van der Waals surface area contributed by atoms with Crippen molar-refractivity contribution >= 4 is 11.9 Å². The van der Waals surface area contributed by atoms with Gasteiger partial charge in [-0.3, -0.25) is 4.79 Å². The molecule has 6 heteroatoms. The van der Waals surface area contributed by atoms with Gasteiger partial charge in [-0.25, -0.2) is 4.79 Å². The first-order valence-corrected chi connectivity index (χ1v) is 5.44. The summed E-state index contributed by atoms with van der Waals surface area (Å²) in [5.41, 5.74) is 4.99. The first-order chi connectivity index (χ1) is 7.49. The number of carbonyl (C=O) groups excluding carboxylic acids is 2. The third kappa shape index (κ3) is 3.69. The molecular weight excluding hydrogens is 210 g/mol. The van der Waals surface area contributed by atoms with Crippen LogP contribution in [0.4, 0.5) is 4.79 Å². The maximum atomic E-state index is 11.5. The van der Waals surface area contributed by atoms with Crippen LogP contribution in [0.15, 0.2) is 0 Å². The second kappa shape index (κ2) is 5.16. The smallest absolute Gasteiger partial charge is 0.312 e. The molecule has 0 heterocycles. The molecule has 1 atom stereocenters. The molecule has 1 unspecified atom stereocenters. The van der Waals surface area contributed by atoms with E-state index in [1.165, 1.54) is 0 Å². The zero-order valence-electron chi connectivity index (χ0n) is 9.45. The lowest BCUT2D eigenvalue weighted by Gasteiger charge is -2.17. The van der Waals surface area contributed by atoms with Crippen LogP contribution in [0, 0.1) is 5.41 Å². The van der Waals surface area contributed by atoms with Crippen molar-refractivity contribution in [1.82, 2.24) is 10.6 Å². The number of carbonyl (C=O) groups is 2. The molecule has 1 saturated carbocycles. The van der Waals surface area contributed by atoms with Crippen molar-refractivity contribution in [2.45, 2.75) is 32.2 Å². The van der Waals surface area contributed by atoms with Crippen LogP contribution in [-0.2, 0) is 4.79 Å². The van der Waals surface area contributed by atoms with Gasteiger partial charge in [0.05, 0.1) is 0 Å². The fraction of sp³-hybridized carbons (Fsp3) is 0.800. The molecular formula is C10H19N3O3. The Morgan fingerprint density at radius 1 is 1.50 bits per heavy atom. The van der Waals surface area contributed by atoms with Gasteiger partial charge < -0.3 is 21.5 Å². The van der Waals surface area contributed by atoms with Gasteiger partial charge in [0.1, 0.15) is 6.04 Å². The van der Waals surface area contributed by atoms with Gasteiger partial charge in [0.2, 0.25) is 5.91 Å². The quantitative estimate of drug-likeness (QED) is 0.485. The summed E-state index contributed by atoms with van der Waals surface area (Å²) in [4.78, 5) is 22.0.